The molecule has 0 aliphatic rings. The van der Waals surface area contributed by atoms with E-state index in [1.54, 1.807) is 24.5 Å². The first kappa shape index (κ1) is 18.5. The molecule has 4 nitrogen and oxygen atoms in total. The van der Waals surface area contributed by atoms with Crippen molar-refractivity contribution in [1.82, 2.24) is 15.3 Å². The minimum atomic E-state index is -0.505. The van der Waals surface area contributed by atoms with Crippen molar-refractivity contribution >= 4 is 12.0 Å². The third kappa shape index (κ3) is 5.07. The Kier molecular flexibility index (Phi) is 6.05. The predicted octanol–water partition coefficient (Wildman–Crippen LogP) is 4.56. The second kappa shape index (κ2) is 8.85. The molecule has 2 aromatic heterocycles. The molecule has 3 aromatic rings. The minimum Gasteiger partial charge on any atom is -0.346 e. The molecule has 1 amide bonds. The number of aromatic nitrogens is 2. The lowest BCUT2D eigenvalue weighted by molar-refractivity contribution is -0.117. The highest BCUT2D eigenvalue weighted by atomic mass is 19.1. The van der Waals surface area contributed by atoms with Gasteiger partial charge in [-0.2, -0.15) is 4.39 Å². The molecule has 0 fully saturated rings. The maximum atomic E-state index is 13.0. The Balaban J connectivity index is 1.73. The highest BCUT2D eigenvalue weighted by molar-refractivity contribution is 5.92. The molecule has 0 aliphatic carbocycles. The first-order chi connectivity index (χ1) is 13.2. The van der Waals surface area contributed by atoms with Gasteiger partial charge in [-0.25, -0.2) is 4.98 Å². The van der Waals surface area contributed by atoms with Crippen LogP contribution >= 0.6 is 0 Å². The zero-order chi connectivity index (χ0) is 19.1. The summed E-state index contributed by atoms with van der Waals surface area (Å²) in [6, 6.07) is 14.4. The second-order valence-electron chi connectivity index (χ2n) is 6.08. The van der Waals surface area contributed by atoms with Crippen molar-refractivity contribution in [2.24, 2.45) is 0 Å². The monoisotopic (exact) mass is 361 g/mol. The van der Waals surface area contributed by atoms with Crippen LogP contribution in [-0.2, 0) is 4.79 Å². The van der Waals surface area contributed by atoms with Crippen LogP contribution < -0.4 is 5.32 Å². The fourth-order valence-electron chi connectivity index (χ4n) is 2.77. The second-order valence-corrected chi connectivity index (χ2v) is 6.08. The van der Waals surface area contributed by atoms with Crippen molar-refractivity contribution in [1.29, 1.82) is 0 Å². The zero-order valence-corrected chi connectivity index (χ0v) is 15.0. The Bertz CT molecular complexity index is 924. The van der Waals surface area contributed by atoms with Gasteiger partial charge in [0.25, 0.3) is 0 Å². The largest absolute Gasteiger partial charge is 0.346 e. The lowest BCUT2D eigenvalue weighted by Gasteiger charge is -2.17. The average Bonchev–Trinajstić information content (AvgIpc) is 2.72. The summed E-state index contributed by atoms with van der Waals surface area (Å²) in [6.07, 6.45) is 8.89. The molecule has 0 radical (unpaired) electrons. The first-order valence-electron chi connectivity index (χ1n) is 8.76. The molecule has 0 saturated carbocycles. The number of benzene rings is 1. The summed E-state index contributed by atoms with van der Waals surface area (Å²) in [5.41, 5.74) is 3.67. The van der Waals surface area contributed by atoms with Crippen LogP contribution in [0.1, 0.15) is 30.5 Å². The van der Waals surface area contributed by atoms with E-state index in [2.05, 4.69) is 15.3 Å². The van der Waals surface area contributed by atoms with E-state index in [0.717, 1.165) is 28.7 Å². The van der Waals surface area contributed by atoms with Gasteiger partial charge in [-0.3, -0.25) is 9.78 Å². The molecule has 27 heavy (non-hydrogen) atoms. The summed E-state index contributed by atoms with van der Waals surface area (Å²) in [7, 11) is 0. The molecule has 1 atom stereocenters. The van der Waals surface area contributed by atoms with E-state index in [1.165, 1.54) is 18.3 Å². The SMILES string of the molecule is CCC(NC(=O)/C=C/c1ccncc1)c1cccc(-c2ccc(F)nc2)c1. The number of nitrogens with one attached hydrogen (secondary N) is 1. The van der Waals surface area contributed by atoms with Crippen molar-refractivity contribution in [3.8, 4) is 11.1 Å². The summed E-state index contributed by atoms with van der Waals surface area (Å²) in [5.74, 6) is -0.665. The van der Waals surface area contributed by atoms with E-state index in [-0.39, 0.29) is 11.9 Å². The molecule has 0 spiro atoms. The lowest BCUT2D eigenvalue weighted by atomic mass is 9.99. The van der Waals surface area contributed by atoms with Gasteiger partial charge in [-0.15, -0.1) is 0 Å². The number of nitrogens with zero attached hydrogens (tertiary/aromatic N) is 2. The van der Waals surface area contributed by atoms with E-state index < -0.39 is 5.95 Å². The Morgan fingerprint density at radius 3 is 2.67 bits per heavy atom. The van der Waals surface area contributed by atoms with Crippen LogP contribution in [0.4, 0.5) is 4.39 Å². The van der Waals surface area contributed by atoms with Crippen molar-refractivity contribution < 1.29 is 9.18 Å². The standard InChI is InChI=1S/C22H20FN3O/c1-2-20(26-22(27)9-6-16-10-12-24-13-11-16)18-5-3-4-17(14-18)19-7-8-21(23)25-15-19/h3-15,20H,2H2,1H3,(H,26,27)/b9-6+. The van der Waals surface area contributed by atoms with Crippen LogP contribution in [0.2, 0.25) is 0 Å². The molecule has 136 valence electrons. The summed E-state index contributed by atoms with van der Waals surface area (Å²) < 4.78 is 13.0. The van der Waals surface area contributed by atoms with Crippen LogP contribution in [0.15, 0.2) is 73.2 Å². The van der Waals surface area contributed by atoms with Crippen LogP contribution in [0.25, 0.3) is 17.2 Å². The maximum Gasteiger partial charge on any atom is 0.244 e. The maximum absolute atomic E-state index is 13.0. The minimum absolute atomic E-state index is 0.118. The van der Waals surface area contributed by atoms with Crippen LogP contribution in [0, 0.1) is 5.95 Å². The lowest BCUT2D eigenvalue weighted by Crippen LogP contribution is -2.26. The van der Waals surface area contributed by atoms with Crippen molar-refractivity contribution in [3.05, 3.63) is 90.3 Å². The van der Waals surface area contributed by atoms with Gasteiger partial charge in [0.05, 0.1) is 6.04 Å². The number of hydrogen-bond donors (Lipinski definition) is 1. The highest BCUT2D eigenvalue weighted by Crippen LogP contribution is 2.24. The third-order valence-corrected chi connectivity index (χ3v) is 4.21. The number of halogens is 1. The molecule has 1 N–H and O–H groups in total. The Hall–Kier alpha value is -3.34. The molecule has 0 saturated heterocycles. The molecule has 1 aromatic carbocycles. The van der Waals surface area contributed by atoms with Crippen LogP contribution in [-0.4, -0.2) is 15.9 Å². The van der Waals surface area contributed by atoms with Gasteiger partial charge < -0.3 is 5.32 Å². The summed E-state index contributed by atoms with van der Waals surface area (Å²) in [6.45, 7) is 2.02. The Morgan fingerprint density at radius 2 is 1.96 bits per heavy atom. The zero-order valence-electron chi connectivity index (χ0n) is 15.0. The van der Waals surface area contributed by atoms with Gasteiger partial charge in [0, 0.05) is 30.2 Å². The quantitative estimate of drug-likeness (QED) is 0.517. The van der Waals surface area contributed by atoms with Gasteiger partial charge in [0.1, 0.15) is 0 Å². The van der Waals surface area contributed by atoms with E-state index in [4.69, 9.17) is 0 Å². The van der Waals surface area contributed by atoms with Gasteiger partial charge in [0.15, 0.2) is 0 Å². The fourth-order valence-corrected chi connectivity index (χ4v) is 2.77. The topological polar surface area (TPSA) is 54.9 Å². The van der Waals surface area contributed by atoms with E-state index in [0.29, 0.717) is 0 Å². The van der Waals surface area contributed by atoms with Crippen molar-refractivity contribution in [2.75, 3.05) is 0 Å². The molecule has 1 unspecified atom stereocenters. The average molecular weight is 361 g/mol. The van der Waals surface area contributed by atoms with Crippen LogP contribution in [0.5, 0.6) is 0 Å². The van der Waals surface area contributed by atoms with Gasteiger partial charge in [0.2, 0.25) is 11.9 Å². The molecule has 3 rings (SSSR count). The Labute approximate surface area is 157 Å². The smallest absolute Gasteiger partial charge is 0.244 e. The summed E-state index contributed by atoms with van der Waals surface area (Å²) in [5, 5.41) is 3.02. The highest BCUT2D eigenvalue weighted by Gasteiger charge is 2.12. The normalized spacial score (nSPS) is 12.1. The van der Waals surface area contributed by atoms with E-state index in [9.17, 15) is 9.18 Å². The molecular formula is C22H20FN3O. The first-order valence-corrected chi connectivity index (χ1v) is 8.76. The number of amides is 1. The van der Waals surface area contributed by atoms with Gasteiger partial charge >= 0.3 is 0 Å². The molecular weight excluding hydrogens is 341 g/mol. The van der Waals surface area contributed by atoms with Crippen molar-refractivity contribution in [3.63, 3.8) is 0 Å². The predicted molar refractivity (Wildman–Crippen MR) is 104 cm³/mol. The molecule has 5 heteroatoms. The third-order valence-electron chi connectivity index (χ3n) is 4.21. The Morgan fingerprint density at radius 1 is 1.15 bits per heavy atom. The fraction of sp³-hybridized carbons (Fsp3) is 0.136. The number of carbonyl (C=O) groups excluding carboxylic acids is 1. The molecule has 2 heterocycles. The van der Waals surface area contributed by atoms with E-state index in [1.807, 2.05) is 43.3 Å². The number of carbonyl (C=O) groups is 1. The number of pyridine rings is 2. The molecule has 0 aliphatic heterocycles. The van der Waals surface area contributed by atoms with Gasteiger partial charge in [-0.1, -0.05) is 25.1 Å². The number of hydrogen-bond acceptors (Lipinski definition) is 3. The van der Waals surface area contributed by atoms with Crippen LogP contribution in [0.3, 0.4) is 0 Å². The number of rotatable bonds is 6. The molecule has 0 bridgehead atoms. The van der Waals surface area contributed by atoms with E-state index >= 15 is 0 Å². The summed E-state index contributed by atoms with van der Waals surface area (Å²) in [4.78, 5) is 19.9. The van der Waals surface area contributed by atoms with Crippen molar-refractivity contribution in [2.45, 2.75) is 19.4 Å². The van der Waals surface area contributed by atoms with Gasteiger partial charge in [-0.05, 0) is 59.5 Å². The summed E-state index contributed by atoms with van der Waals surface area (Å²) >= 11 is 0.